The van der Waals surface area contributed by atoms with Crippen molar-refractivity contribution in [2.45, 2.75) is 50.0 Å². The van der Waals surface area contributed by atoms with Gasteiger partial charge in [-0.3, -0.25) is 4.79 Å². The molecule has 0 heterocycles. The highest BCUT2D eigenvalue weighted by Gasteiger charge is 2.21. The quantitative estimate of drug-likeness (QED) is 0.558. The van der Waals surface area contributed by atoms with Crippen LogP contribution in [0.4, 0.5) is 5.69 Å². The second kappa shape index (κ2) is 9.49. The van der Waals surface area contributed by atoms with E-state index in [1.807, 2.05) is 0 Å². The molecule has 142 valence electrons. The lowest BCUT2D eigenvalue weighted by Crippen LogP contribution is -2.36. The molecule has 2 rings (SSSR count). The first kappa shape index (κ1) is 20.1. The molecule has 1 aromatic rings. The van der Waals surface area contributed by atoms with Gasteiger partial charge in [-0.2, -0.15) is 0 Å². The molecule has 0 radical (unpaired) electrons. The van der Waals surface area contributed by atoms with Crippen LogP contribution < -0.4 is 10.0 Å². The van der Waals surface area contributed by atoms with Crippen LogP contribution in [0.15, 0.2) is 41.3 Å². The van der Waals surface area contributed by atoms with Crippen LogP contribution in [0.1, 0.15) is 39.0 Å². The lowest BCUT2D eigenvalue weighted by Gasteiger charge is -2.22. The van der Waals surface area contributed by atoms with E-state index in [4.69, 9.17) is 0 Å². The van der Waals surface area contributed by atoms with E-state index in [2.05, 4.69) is 14.8 Å². The maximum absolute atomic E-state index is 12.4. The van der Waals surface area contributed by atoms with Gasteiger partial charge in [0.15, 0.2) is 0 Å². The summed E-state index contributed by atoms with van der Waals surface area (Å²) in [6, 6.07) is 5.88. The third-order valence-corrected chi connectivity index (χ3v) is 5.55. The number of hydrogen-bond acceptors (Lipinski definition) is 5. The number of hydrogen-bond donors (Lipinski definition) is 2. The van der Waals surface area contributed by atoms with Crippen LogP contribution in [-0.4, -0.2) is 32.9 Å². The molecule has 7 nitrogen and oxygen atoms in total. The Kier molecular flexibility index (Phi) is 7.35. The van der Waals surface area contributed by atoms with E-state index in [-0.39, 0.29) is 17.5 Å². The number of carbonyl (C=O) groups excluding carboxylic acids is 2. The summed E-state index contributed by atoms with van der Waals surface area (Å²) in [5.41, 5.74) is 0.431. The fraction of sp³-hybridized carbons (Fsp3) is 0.444. The Hall–Kier alpha value is -2.19. The van der Waals surface area contributed by atoms with E-state index in [1.54, 1.807) is 6.92 Å². The van der Waals surface area contributed by atoms with Gasteiger partial charge in [0, 0.05) is 23.9 Å². The van der Waals surface area contributed by atoms with Crippen molar-refractivity contribution in [3.63, 3.8) is 0 Å². The topological polar surface area (TPSA) is 102 Å². The molecule has 2 N–H and O–H groups in total. The summed E-state index contributed by atoms with van der Waals surface area (Å²) < 4.78 is 32.2. The average molecular weight is 380 g/mol. The molecule has 1 saturated carbocycles. The van der Waals surface area contributed by atoms with Gasteiger partial charge >= 0.3 is 5.97 Å². The zero-order chi connectivity index (χ0) is 19.0. The number of anilines is 1. The van der Waals surface area contributed by atoms with Crippen molar-refractivity contribution in [1.82, 2.24) is 4.72 Å². The van der Waals surface area contributed by atoms with E-state index in [9.17, 15) is 18.0 Å². The molecule has 1 aromatic carbocycles. The van der Waals surface area contributed by atoms with Crippen molar-refractivity contribution in [2.75, 3.05) is 11.9 Å². The molecule has 8 heteroatoms. The number of esters is 1. The minimum Gasteiger partial charge on any atom is -0.463 e. The van der Waals surface area contributed by atoms with E-state index in [0.717, 1.165) is 44.3 Å². The van der Waals surface area contributed by atoms with Crippen LogP contribution in [0.25, 0.3) is 0 Å². The van der Waals surface area contributed by atoms with Crippen LogP contribution in [0.5, 0.6) is 0 Å². The molecule has 0 saturated heterocycles. The molecule has 1 amide bonds. The van der Waals surface area contributed by atoms with E-state index in [0.29, 0.717) is 5.69 Å². The maximum Gasteiger partial charge on any atom is 0.330 e. The van der Waals surface area contributed by atoms with Gasteiger partial charge in [-0.25, -0.2) is 17.9 Å². The molecular weight excluding hydrogens is 356 g/mol. The number of sulfonamides is 1. The number of amides is 1. The fourth-order valence-corrected chi connectivity index (χ4v) is 4.05. The standard InChI is InChI=1S/C18H24N2O5S/c1-2-25-18(22)13-12-17(21)19-14-8-10-16(11-9-14)26(23,24)20-15-6-4-3-5-7-15/h8-13,15,20H,2-7H2,1H3,(H,19,21)/b13-12+. The summed E-state index contributed by atoms with van der Waals surface area (Å²) >= 11 is 0. The highest BCUT2D eigenvalue weighted by atomic mass is 32.2. The highest BCUT2D eigenvalue weighted by Crippen LogP contribution is 2.20. The minimum absolute atomic E-state index is 0.0128. The Morgan fingerprint density at radius 1 is 1.12 bits per heavy atom. The first-order valence-corrected chi connectivity index (χ1v) is 10.2. The zero-order valence-electron chi connectivity index (χ0n) is 14.7. The molecule has 0 atom stereocenters. The molecule has 1 aliphatic carbocycles. The fourth-order valence-electron chi connectivity index (χ4n) is 2.74. The van der Waals surface area contributed by atoms with Gasteiger partial charge in [-0.05, 0) is 44.0 Å². The molecule has 0 spiro atoms. The number of rotatable bonds is 7. The molecule has 0 unspecified atom stereocenters. The first-order chi connectivity index (χ1) is 12.4. The smallest absolute Gasteiger partial charge is 0.330 e. The van der Waals surface area contributed by atoms with Crippen molar-refractivity contribution in [3.8, 4) is 0 Å². The van der Waals surface area contributed by atoms with Crippen molar-refractivity contribution >= 4 is 27.6 Å². The van der Waals surface area contributed by atoms with Gasteiger partial charge in [-0.1, -0.05) is 19.3 Å². The van der Waals surface area contributed by atoms with E-state index >= 15 is 0 Å². The van der Waals surface area contributed by atoms with Crippen LogP contribution in [0, 0.1) is 0 Å². The summed E-state index contributed by atoms with van der Waals surface area (Å²) in [6.07, 6.45) is 7.05. The largest absolute Gasteiger partial charge is 0.463 e. The average Bonchev–Trinajstić information content (AvgIpc) is 2.61. The molecule has 0 aromatic heterocycles. The molecule has 0 aliphatic heterocycles. The van der Waals surface area contributed by atoms with Gasteiger partial charge in [0.2, 0.25) is 15.9 Å². The Morgan fingerprint density at radius 3 is 2.38 bits per heavy atom. The van der Waals surface area contributed by atoms with Gasteiger partial charge < -0.3 is 10.1 Å². The molecular formula is C18H24N2O5S. The third kappa shape index (κ3) is 6.27. The highest BCUT2D eigenvalue weighted by molar-refractivity contribution is 7.89. The summed E-state index contributed by atoms with van der Waals surface area (Å²) in [5.74, 6) is -1.10. The predicted octanol–water partition coefficient (Wildman–Crippen LogP) is 2.36. The Balaban J connectivity index is 1.94. The minimum atomic E-state index is -3.57. The molecule has 26 heavy (non-hydrogen) atoms. The maximum atomic E-state index is 12.4. The normalized spacial score (nSPS) is 15.7. The number of benzene rings is 1. The molecule has 0 bridgehead atoms. The van der Waals surface area contributed by atoms with Crippen LogP contribution in [-0.2, 0) is 24.3 Å². The lowest BCUT2D eigenvalue weighted by molar-refractivity contribution is -0.137. The second-order valence-electron chi connectivity index (χ2n) is 6.06. The van der Waals surface area contributed by atoms with Crippen LogP contribution >= 0.6 is 0 Å². The summed E-state index contributed by atoms with van der Waals surface area (Å²) in [4.78, 5) is 23.0. The molecule has 1 aliphatic rings. The second-order valence-corrected chi connectivity index (χ2v) is 7.77. The van der Waals surface area contributed by atoms with E-state index < -0.39 is 21.9 Å². The molecule has 1 fully saturated rings. The Morgan fingerprint density at radius 2 is 1.77 bits per heavy atom. The summed E-state index contributed by atoms with van der Waals surface area (Å²) in [5, 5.41) is 2.55. The monoisotopic (exact) mass is 380 g/mol. The third-order valence-electron chi connectivity index (χ3n) is 4.02. The summed E-state index contributed by atoms with van der Waals surface area (Å²) in [6.45, 7) is 1.90. The van der Waals surface area contributed by atoms with Crippen molar-refractivity contribution in [3.05, 3.63) is 36.4 Å². The van der Waals surface area contributed by atoms with Gasteiger partial charge in [0.25, 0.3) is 0 Å². The van der Waals surface area contributed by atoms with Gasteiger partial charge in [0.1, 0.15) is 0 Å². The van der Waals surface area contributed by atoms with Gasteiger partial charge in [-0.15, -0.1) is 0 Å². The zero-order valence-corrected chi connectivity index (χ0v) is 15.6. The van der Waals surface area contributed by atoms with Crippen molar-refractivity contribution in [1.29, 1.82) is 0 Å². The lowest BCUT2D eigenvalue weighted by atomic mass is 9.96. The van der Waals surface area contributed by atoms with Crippen LogP contribution in [0.3, 0.4) is 0 Å². The number of ether oxygens (including phenoxy) is 1. The van der Waals surface area contributed by atoms with Gasteiger partial charge in [0.05, 0.1) is 11.5 Å². The summed E-state index contributed by atoms with van der Waals surface area (Å²) in [7, 11) is -3.57. The van der Waals surface area contributed by atoms with E-state index in [1.165, 1.54) is 24.3 Å². The first-order valence-electron chi connectivity index (χ1n) is 8.69. The SMILES string of the molecule is CCOC(=O)/C=C/C(=O)Nc1ccc(S(=O)(=O)NC2CCCCC2)cc1. The number of nitrogens with one attached hydrogen (secondary N) is 2. The number of carbonyl (C=O) groups is 2. The van der Waals surface area contributed by atoms with Crippen molar-refractivity contribution < 1.29 is 22.7 Å². The van der Waals surface area contributed by atoms with Crippen molar-refractivity contribution in [2.24, 2.45) is 0 Å². The van der Waals surface area contributed by atoms with Crippen LogP contribution in [0.2, 0.25) is 0 Å². The Labute approximate surface area is 153 Å². The predicted molar refractivity (Wildman–Crippen MR) is 98.0 cm³/mol. The Bertz CT molecular complexity index is 750.